The number of ether oxygens (including phenoxy) is 2. The van der Waals surface area contributed by atoms with Crippen molar-refractivity contribution >= 4 is 16.6 Å². The molecule has 3 fully saturated rings. The van der Waals surface area contributed by atoms with Crippen LogP contribution in [-0.2, 0) is 4.74 Å². The molecule has 0 amide bonds. The number of aryl methyl sites for hydroxylation is 1. The van der Waals surface area contributed by atoms with Crippen LogP contribution < -0.4 is 20.8 Å². The number of anilines is 1. The number of alkyl halides is 1. The maximum Gasteiger partial charge on any atom is 0.192 e. The van der Waals surface area contributed by atoms with Gasteiger partial charge < -0.3 is 24.7 Å². The fraction of sp³-hybridized carbons (Fsp3) is 0.571. The SMILES string of the molecule is COc1c(N2C[C@@H]3COCC[C@@]3(N)C2)c(F)cc2c(=O)c(C)cn([C@@H]3C[C@@H]3F)c12. The van der Waals surface area contributed by atoms with Crippen LogP contribution in [0.4, 0.5) is 14.5 Å². The lowest BCUT2D eigenvalue weighted by atomic mass is 9.84. The van der Waals surface area contributed by atoms with E-state index in [4.69, 9.17) is 15.2 Å². The number of halogens is 2. The molecule has 0 unspecified atom stereocenters. The Hall–Kier alpha value is -2.19. The fourth-order valence-corrected chi connectivity index (χ4v) is 4.93. The highest BCUT2D eigenvalue weighted by atomic mass is 19.1. The van der Waals surface area contributed by atoms with Crippen molar-refractivity contribution in [3.63, 3.8) is 0 Å². The molecule has 1 aromatic carbocycles. The molecule has 3 heterocycles. The number of hydrogen-bond acceptors (Lipinski definition) is 5. The number of fused-ring (bicyclic) bond motifs is 2. The Bertz CT molecular complexity index is 1060. The Kier molecular flexibility index (Phi) is 4.15. The van der Waals surface area contributed by atoms with E-state index >= 15 is 4.39 Å². The van der Waals surface area contributed by atoms with Gasteiger partial charge in [0, 0.05) is 49.3 Å². The van der Waals surface area contributed by atoms with Crippen LogP contribution in [0.1, 0.15) is 24.4 Å². The van der Waals surface area contributed by atoms with Gasteiger partial charge in [0.15, 0.2) is 17.0 Å². The number of methoxy groups -OCH3 is 1. The van der Waals surface area contributed by atoms with E-state index in [2.05, 4.69) is 0 Å². The Morgan fingerprint density at radius 2 is 2.17 bits per heavy atom. The van der Waals surface area contributed by atoms with Crippen LogP contribution in [0.3, 0.4) is 0 Å². The maximum atomic E-state index is 15.3. The first-order valence-electron chi connectivity index (χ1n) is 10.0. The largest absolute Gasteiger partial charge is 0.492 e. The summed E-state index contributed by atoms with van der Waals surface area (Å²) in [5.41, 5.74) is 7.08. The molecular formula is C21H25F2N3O3. The molecule has 1 aromatic heterocycles. The Balaban J connectivity index is 1.72. The molecule has 1 saturated carbocycles. The van der Waals surface area contributed by atoms with Gasteiger partial charge in [-0.1, -0.05) is 0 Å². The number of benzene rings is 1. The van der Waals surface area contributed by atoms with Gasteiger partial charge in [-0.2, -0.15) is 0 Å². The van der Waals surface area contributed by atoms with E-state index in [-0.39, 0.29) is 34.2 Å². The first kappa shape index (κ1) is 18.8. The van der Waals surface area contributed by atoms with Crippen molar-refractivity contribution in [2.45, 2.75) is 37.5 Å². The summed E-state index contributed by atoms with van der Waals surface area (Å²) in [6.45, 7) is 3.82. The van der Waals surface area contributed by atoms with Crippen molar-refractivity contribution < 1.29 is 18.3 Å². The molecule has 2 aromatic rings. The summed E-state index contributed by atoms with van der Waals surface area (Å²) in [6.07, 6.45) is 1.77. The van der Waals surface area contributed by atoms with Gasteiger partial charge in [0.1, 0.15) is 11.9 Å². The Morgan fingerprint density at radius 3 is 2.83 bits per heavy atom. The molecule has 5 rings (SSSR count). The van der Waals surface area contributed by atoms with Gasteiger partial charge in [0.2, 0.25) is 0 Å². The van der Waals surface area contributed by atoms with E-state index in [0.717, 1.165) is 0 Å². The molecule has 2 N–H and O–H groups in total. The monoisotopic (exact) mass is 405 g/mol. The van der Waals surface area contributed by atoms with Crippen LogP contribution >= 0.6 is 0 Å². The quantitative estimate of drug-likeness (QED) is 0.849. The Labute approximate surface area is 167 Å². The molecule has 8 heteroatoms. The summed E-state index contributed by atoms with van der Waals surface area (Å²) in [6, 6.07) is 0.899. The third kappa shape index (κ3) is 2.76. The zero-order chi connectivity index (χ0) is 20.5. The van der Waals surface area contributed by atoms with Gasteiger partial charge in [-0.3, -0.25) is 4.79 Å². The van der Waals surface area contributed by atoms with Crippen molar-refractivity contribution in [2.24, 2.45) is 11.7 Å². The molecule has 156 valence electrons. The van der Waals surface area contributed by atoms with Gasteiger partial charge in [0.05, 0.1) is 30.7 Å². The van der Waals surface area contributed by atoms with Crippen LogP contribution in [0.25, 0.3) is 10.9 Å². The van der Waals surface area contributed by atoms with Crippen LogP contribution in [0.15, 0.2) is 17.1 Å². The highest BCUT2D eigenvalue weighted by molar-refractivity contribution is 5.92. The van der Waals surface area contributed by atoms with E-state index in [1.165, 1.54) is 13.2 Å². The van der Waals surface area contributed by atoms with Gasteiger partial charge in [-0.15, -0.1) is 0 Å². The van der Waals surface area contributed by atoms with E-state index in [1.807, 2.05) is 4.90 Å². The van der Waals surface area contributed by atoms with Crippen molar-refractivity contribution in [1.82, 2.24) is 4.57 Å². The van der Waals surface area contributed by atoms with Gasteiger partial charge >= 0.3 is 0 Å². The summed E-state index contributed by atoms with van der Waals surface area (Å²) >= 11 is 0. The van der Waals surface area contributed by atoms with Gasteiger partial charge in [-0.05, 0) is 19.4 Å². The third-order valence-electron chi connectivity index (χ3n) is 6.70. The normalized spacial score (nSPS) is 31.2. The second-order valence-corrected chi connectivity index (χ2v) is 8.64. The first-order valence-corrected chi connectivity index (χ1v) is 10.0. The molecule has 0 bridgehead atoms. The van der Waals surface area contributed by atoms with Gasteiger partial charge in [0.25, 0.3) is 0 Å². The van der Waals surface area contributed by atoms with Crippen molar-refractivity contribution in [2.75, 3.05) is 38.3 Å². The third-order valence-corrected chi connectivity index (χ3v) is 6.70. The lowest BCUT2D eigenvalue weighted by Gasteiger charge is -2.34. The number of nitrogens with zero attached hydrogens (tertiary/aromatic N) is 2. The van der Waals surface area contributed by atoms with Crippen LogP contribution in [0.2, 0.25) is 0 Å². The van der Waals surface area contributed by atoms with Crippen LogP contribution in [0, 0.1) is 18.7 Å². The lowest BCUT2D eigenvalue weighted by Crippen LogP contribution is -2.52. The number of hydrogen-bond donors (Lipinski definition) is 1. The van der Waals surface area contributed by atoms with Crippen LogP contribution in [-0.4, -0.2) is 49.7 Å². The molecule has 4 atom stereocenters. The summed E-state index contributed by atoms with van der Waals surface area (Å²) in [5, 5.41) is 0.213. The van der Waals surface area contributed by atoms with Crippen molar-refractivity contribution in [1.29, 1.82) is 0 Å². The minimum Gasteiger partial charge on any atom is -0.492 e. The number of pyridine rings is 1. The van der Waals surface area contributed by atoms with Crippen LogP contribution in [0.5, 0.6) is 5.75 Å². The summed E-state index contributed by atoms with van der Waals surface area (Å²) in [7, 11) is 1.46. The molecule has 29 heavy (non-hydrogen) atoms. The van der Waals surface area contributed by atoms with Crippen molar-refractivity contribution in [3.05, 3.63) is 33.9 Å². The average molecular weight is 405 g/mol. The zero-order valence-electron chi connectivity index (χ0n) is 16.6. The molecule has 2 saturated heterocycles. The second-order valence-electron chi connectivity index (χ2n) is 8.64. The van der Waals surface area contributed by atoms with E-state index in [1.54, 1.807) is 17.7 Å². The smallest absolute Gasteiger partial charge is 0.192 e. The predicted octanol–water partition coefficient (Wildman–Crippen LogP) is 2.29. The molecule has 2 aliphatic heterocycles. The minimum atomic E-state index is -0.975. The van der Waals surface area contributed by atoms with E-state index < -0.39 is 17.5 Å². The second kappa shape index (κ2) is 6.40. The number of rotatable bonds is 3. The molecule has 0 spiro atoms. The standard InChI is InChI=1S/C21H25F2N3O3/c1-11-7-26(16-6-14(16)22)17-13(19(11)27)5-15(23)18(20(17)28-2)25-8-12-9-29-4-3-21(12,24)10-25/h5,7,12,14,16H,3-4,6,8-10,24H2,1-2H3/t12-,14+,16-,21-/m1/s1. The van der Waals surface area contributed by atoms with Crippen molar-refractivity contribution in [3.8, 4) is 5.75 Å². The molecule has 6 nitrogen and oxygen atoms in total. The predicted molar refractivity (Wildman–Crippen MR) is 106 cm³/mol. The minimum absolute atomic E-state index is 0.0925. The van der Waals surface area contributed by atoms with E-state index in [0.29, 0.717) is 50.2 Å². The topological polar surface area (TPSA) is 69.7 Å². The number of nitrogens with two attached hydrogens (primary N) is 1. The number of aromatic nitrogens is 1. The summed E-state index contributed by atoms with van der Waals surface area (Å²) < 4.78 is 42.2. The fourth-order valence-electron chi connectivity index (χ4n) is 4.93. The zero-order valence-corrected chi connectivity index (χ0v) is 16.6. The summed E-state index contributed by atoms with van der Waals surface area (Å²) in [4.78, 5) is 14.6. The maximum absolute atomic E-state index is 15.3. The first-order chi connectivity index (χ1) is 13.8. The van der Waals surface area contributed by atoms with Gasteiger partial charge in [-0.25, -0.2) is 8.78 Å². The highest BCUT2D eigenvalue weighted by Crippen LogP contribution is 2.47. The average Bonchev–Trinajstić information content (AvgIpc) is 3.30. The summed E-state index contributed by atoms with van der Waals surface area (Å²) in [5.74, 6) is -0.173. The lowest BCUT2D eigenvalue weighted by molar-refractivity contribution is 0.0241. The Morgan fingerprint density at radius 1 is 1.41 bits per heavy atom. The van der Waals surface area contributed by atoms with E-state index in [9.17, 15) is 9.18 Å². The molecule has 1 aliphatic carbocycles. The highest BCUT2D eigenvalue weighted by Gasteiger charge is 2.47. The molecule has 0 radical (unpaired) electrons. The molecule has 3 aliphatic rings. The molecular weight excluding hydrogens is 380 g/mol.